The van der Waals surface area contributed by atoms with Gasteiger partial charge in [0.25, 0.3) is 0 Å². The summed E-state index contributed by atoms with van der Waals surface area (Å²) in [6.07, 6.45) is 8.00. The summed E-state index contributed by atoms with van der Waals surface area (Å²) in [6, 6.07) is 1.94. The van der Waals surface area contributed by atoms with Gasteiger partial charge in [0.1, 0.15) is 0 Å². The molecule has 3 saturated heterocycles. The van der Waals surface area contributed by atoms with Crippen molar-refractivity contribution in [1.29, 1.82) is 0 Å². The SMILES string of the molecule is C1CC[N-]C1.C1CC[N-]C1.C1CC[N-]C1.Cc1cc(C)[n-]n1.[Ti+4]. The van der Waals surface area contributed by atoms with Gasteiger partial charge in [-0.1, -0.05) is 51.5 Å². The summed E-state index contributed by atoms with van der Waals surface area (Å²) in [5.74, 6) is 0. The topological polar surface area (TPSA) is 69.3 Å². The molecule has 0 aliphatic carbocycles. The van der Waals surface area contributed by atoms with Crippen molar-refractivity contribution in [1.82, 2.24) is 10.2 Å². The number of hydrogen-bond acceptors (Lipinski definition) is 1. The third-order valence-corrected chi connectivity index (χ3v) is 3.43. The molecule has 23 heavy (non-hydrogen) atoms. The van der Waals surface area contributed by atoms with Crippen molar-refractivity contribution in [2.24, 2.45) is 0 Å². The van der Waals surface area contributed by atoms with Gasteiger partial charge in [0.2, 0.25) is 0 Å². The average Bonchev–Trinajstić information content (AvgIpc) is 3.34. The fraction of sp³-hybridized carbons (Fsp3) is 0.824. The van der Waals surface area contributed by atoms with Gasteiger partial charge in [-0.2, -0.15) is 0 Å². The van der Waals surface area contributed by atoms with Crippen LogP contribution in [0, 0.1) is 13.8 Å². The van der Waals surface area contributed by atoms with Crippen LogP contribution in [0.15, 0.2) is 6.07 Å². The van der Waals surface area contributed by atoms with Crippen LogP contribution in [0.4, 0.5) is 0 Å². The molecule has 4 rings (SSSR count). The Bertz CT molecular complexity index is 281. The maximum Gasteiger partial charge on any atom is 4.00 e. The number of nitrogens with zero attached hydrogens (tertiary/aromatic N) is 5. The zero-order valence-electron chi connectivity index (χ0n) is 14.8. The molecule has 0 N–H and O–H groups in total. The molecule has 0 amide bonds. The molecular weight excluding hydrogens is 322 g/mol. The summed E-state index contributed by atoms with van der Waals surface area (Å²) in [7, 11) is 0. The molecule has 3 aliphatic heterocycles. The molecule has 3 aliphatic rings. The quantitative estimate of drug-likeness (QED) is 0.659. The van der Waals surface area contributed by atoms with Gasteiger partial charge in [-0.15, -0.1) is 45.0 Å². The molecule has 0 radical (unpaired) electrons. The first-order valence-corrected chi connectivity index (χ1v) is 8.62. The first-order valence-electron chi connectivity index (χ1n) is 8.62. The maximum absolute atomic E-state index is 4.08. The summed E-state index contributed by atoms with van der Waals surface area (Å²) in [4.78, 5) is 0. The zero-order chi connectivity index (χ0) is 15.9. The molecule has 0 aromatic carbocycles. The minimum Gasteiger partial charge on any atom is -0.662 e. The van der Waals surface area contributed by atoms with Crippen LogP contribution >= 0.6 is 0 Å². The molecule has 0 spiro atoms. The summed E-state index contributed by atoms with van der Waals surface area (Å²) >= 11 is 0. The van der Waals surface area contributed by atoms with Gasteiger partial charge in [-0.25, -0.2) is 0 Å². The molecule has 3 fully saturated rings. The molecule has 128 valence electrons. The van der Waals surface area contributed by atoms with E-state index in [1.807, 2.05) is 19.9 Å². The van der Waals surface area contributed by atoms with Crippen LogP contribution in [-0.4, -0.2) is 44.4 Å². The van der Waals surface area contributed by atoms with Crippen LogP contribution in [0.1, 0.15) is 49.9 Å². The van der Waals surface area contributed by atoms with Crippen molar-refractivity contribution in [3.8, 4) is 0 Å². The van der Waals surface area contributed by atoms with E-state index in [2.05, 4.69) is 26.1 Å². The Labute approximate surface area is 157 Å². The van der Waals surface area contributed by atoms with E-state index in [4.69, 9.17) is 0 Å². The van der Waals surface area contributed by atoms with Crippen LogP contribution in [0.5, 0.6) is 0 Å². The maximum atomic E-state index is 4.08. The van der Waals surface area contributed by atoms with E-state index >= 15 is 0 Å². The van der Waals surface area contributed by atoms with E-state index in [0.29, 0.717) is 0 Å². The Balaban J connectivity index is 0.000000280. The minimum absolute atomic E-state index is 0. The van der Waals surface area contributed by atoms with Gasteiger partial charge in [0.05, 0.1) is 0 Å². The predicted molar refractivity (Wildman–Crippen MR) is 94.0 cm³/mol. The largest absolute Gasteiger partial charge is 4.00 e. The van der Waals surface area contributed by atoms with Crippen molar-refractivity contribution in [3.05, 3.63) is 33.4 Å². The van der Waals surface area contributed by atoms with Crippen molar-refractivity contribution in [2.75, 3.05) is 39.3 Å². The Morgan fingerprint density at radius 1 is 0.696 bits per heavy atom. The zero-order valence-corrected chi connectivity index (χ0v) is 16.4. The van der Waals surface area contributed by atoms with Crippen LogP contribution in [-0.2, 0) is 21.7 Å². The minimum atomic E-state index is 0. The monoisotopic (exact) mass is 353 g/mol. The summed E-state index contributed by atoms with van der Waals surface area (Å²) in [5.41, 5.74) is 2.00. The van der Waals surface area contributed by atoms with Gasteiger partial charge in [0.15, 0.2) is 0 Å². The first kappa shape index (κ1) is 22.8. The van der Waals surface area contributed by atoms with Gasteiger partial charge < -0.3 is 26.1 Å². The van der Waals surface area contributed by atoms with Gasteiger partial charge in [-0.3, -0.25) is 0 Å². The van der Waals surface area contributed by atoms with Crippen molar-refractivity contribution < 1.29 is 21.7 Å². The Morgan fingerprint density at radius 2 is 1.04 bits per heavy atom. The number of aromatic nitrogens is 2. The second-order valence-corrected chi connectivity index (χ2v) is 5.76. The number of rotatable bonds is 0. The van der Waals surface area contributed by atoms with E-state index in [1.165, 1.54) is 38.5 Å². The summed E-state index contributed by atoms with van der Waals surface area (Å²) < 4.78 is 0. The van der Waals surface area contributed by atoms with E-state index in [9.17, 15) is 0 Å². The van der Waals surface area contributed by atoms with Crippen LogP contribution in [0.2, 0.25) is 0 Å². The Hall–Kier alpha value is -0.196. The summed E-state index contributed by atoms with van der Waals surface area (Å²) in [5, 5.41) is 19.8. The standard InChI is InChI=1S/C5H7N2.3C4H8N.Ti/c1-4-3-5(2)7-6-4;3*1-2-4-5-3-1;/h3H,1-2H3;3*1-4H2;/q4*-1;+4. The van der Waals surface area contributed by atoms with E-state index in [0.717, 1.165) is 50.7 Å². The van der Waals surface area contributed by atoms with E-state index in [-0.39, 0.29) is 21.7 Å². The first-order chi connectivity index (χ1) is 10.8. The van der Waals surface area contributed by atoms with Gasteiger partial charge in [0, 0.05) is 5.69 Å². The fourth-order valence-corrected chi connectivity index (χ4v) is 2.19. The number of aryl methyl sites for hydroxylation is 2. The molecule has 4 heterocycles. The smallest absolute Gasteiger partial charge is 0.662 e. The fourth-order valence-electron chi connectivity index (χ4n) is 2.19. The van der Waals surface area contributed by atoms with Crippen molar-refractivity contribution in [2.45, 2.75) is 52.4 Å². The van der Waals surface area contributed by atoms with Gasteiger partial charge in [-0.05, 0) is 6.92 Å². The van der Waals surface area contributed by atoms with Crippen molar-refractivity contribution in [3.63, 3.8) is 0 Å². The Morgan fingerprint density at radius 3 is 1.13 bits per heavy atom. The van der Waals surface area contributed by atoms with E-state index < -0.39 is 0 Å². The molecule has 0 atom stereocenters. The molecule has 6 heteroatoms. The van der Waals surface area contributed by atoms with Crippen LogP contribution < -0.4 is 5.10 Å². The summed E-state index contributed by atoms with van der Waals surface area (Å²) in [6.45, 7) is 10.6. The normalized spacial score (nSPS) is 18.5. The molecule has 1 aromatic heterocycles. The molecule has 0 bridgehead atoms. The molecule has 0 saturated carbocycles. The second kappa shape index (κ2) is 16.7. The average molecular weight is 353 g/mol. The molecular formula is C17H31N5Ti. The molecule has 0 unspecified atom stereocenters. The molecule has 1 aromatic rings. The van der Waals surface area contributed by atoms with E-state index in [1.54, 1.807) is 0 Å². The van der Waals surface area contributed by atoms with Crippen molar-refractivity contribution >= 4 is 0 Å². The third kappa shape index (κ3) is 15.1. The third-order valence-electron chi connectivity index (χ3n) is 3.43. The molecule has 5 nitrogen and oxygen atoms in total. The number of hydrogen-bond donors (Lipinski definition) is 0. The van der Waals surface area contributed by atoms with Gasteiger partial charge >= 0.3 is 21.7 Å². The van der Waals surface area contributed by atoms with Crippen LogP contribution in [0.3, 0.4) is 0 Å². The second-order valence-electron chi connectivity index (χ2n) is 5.76. The van der Waals surface area contributed by atoms with Crippen LogP contribution in [0.25, 0.3) is 16.0 Å². The predicted octanol–water partition coefficient (Wildman–Crippen LogP) is 4.11. The Kier molecular flexibility index (Phi) is 16.5.